The van der Waals surface area contributed by atoms with Crippen LogP contribution in [0, 0.1) is 6.92 Å². The van der Waals surface area contributed by atoms with E-state index in [4.69, 9.17) is 0 Å². The number of nitrogens with zero attached hydrogens (tertiary/aromatic N) is 1. The monoisotopic (exact) mass is 301 g/mol. The Labute approximate surface area is 139 Å². The highest BCUT2D eigenvalue weighted by Crippen LogP contribution is 2.28. The van der Waals surface area contributed by atoms with Crippen molar-refractivity contribution in [3.8, 4) is 22.4 Å². The van der Waals surface area contributed by atoms with Crippen molar-refractivity contribution in [3.63, 3.8) is 0 Å². The van der Waals surface area contributed by atoms with Gasteiger partial charge in [0.2, 0.25) is 0 Å². The van der Waals surface area contributed by atoms with Gasteiger partial charge in [-0.05, 0) is 46.7 Å². The van der Waals surface area contributed by atoms with Crippen molar-refractivity contribution in [2.45, 2.75) is 33.1 Å². The summed E-state index contributed by atoms with van der Waals surface area (Å²) in [6, 6.07) is 21.6. The molecule has 0 fully saturated rings. The van der Waals surface area contributed by atoms with Crippen LogP contribution in [0.2, 0.25) is 0 Å². The van der Waals surface area contributed by atoms with Crippen molar-refractivity contribution in [3.05, 3.63) is 78.0 Å². The standard InChI is InChI=1S/C22H23N/c1-16-8-13-21(23-15-16)19-7-5-6-18(14-19)17-9-11-20(12-10-17)22(2,3)4/h5-15H,1-4H3. The van der Waals surface area contributed by atoms with E-state index in [1.165, 1.54) is 22.3 Å². The summed E-state index contributed by atoms with van der Waals surface area (Å²) in [5.41, 5.74) is 7.37. The minimum absolute atomic E-state index is 0.187. The normalized spacial score (nSPS) is 11.5. The molecule has 0 amide bonds. The van der Waals surface area contributed by atoms with E-state index in [1.807, 2.05) is 6.20 Å². The predicted molar refractivity (Wildman–Crippen MR) is 98.5 cm³/mol. The molecule has 0 N–H and O–H groups in total. The van der Waals surface area contributed by atoms with Crippen molar-refractivity contribution in [1.82, 2.24) is 4.98 Å². The molecule has 0 saturated carbocycles. The molecule has 0 aliphatic carbocycles. The first kappa shape index (κ1) is 15.5. The highest BCUT2D eigenvalue weighted by molar-refractivity contribution is 5.71. The van der Waals surface area contributed by atoms with E-state index >= 15 is 0 Å². The summed E-state index contributed by atoms with van der Waals surface area (Å²) < 4.78 is 0. The number of aromatic nitrogens is 1. The van der Waals surface area contributed by atoms with Crippen LogP contribution >= 0.6 is 0 Å². The number of pyridine rings is 1. The molecule has 0 spiro atoms. The maximum absolute atomic E-state index is 4.53. The molecule has 0 unspecified atom stereocenters. The van der Waals surface area contributed by atoms with Crippen LogP contribution < -0.4 is 0 Å². The van der Waals surface area contributed by atoms with Gasteiger partial charge in [0.1, 0.15) is 0 Å². The predicted octanol–water partition coefficient (Wildman–Crippen LogP) is 6.02. The van der Waals surface area contributed by atoms with Crippen LogP contribution in [-0.2, 0) is 5.41 Å². The van der Waals surface area contributed by atoms with Crippen molar-refractivity contribution in [1.29, 1.82) is 0 Å². The van der Waals surface area contributed by atoms with Crippen LogP contribution in [0.15, 0.2) is 66.9 Å². The molecule has 1 nitrogen and oxygen atoms in total. The molecule has 23 heavy (non-hydrogen) atoms. The van der Waals surface area contributed by atoms with Crippen LogP contribution in [-0.4, -0.2) is 4.98 Å². The van der Waals surface area contributed by atoms with Crippen LogP contribution in [0.5, 0.6) is 0 Å². The van der Waals surface area contributed by atoms with Gasteiger partial charge in [0.25, 0.3) is 0 Å². The molecule has 0 radical (unpaired) electrons. The van der Waals surface area contributed by atoms with Crippen LogP contribution in [0.4, 0.5) is 0 Å². The minimum atomic E-state index is 0.187. The van der Waals surface area contributed by atoms with Crippen molar-refractivity contribution >= 4 is 0 Å². The van der Waals surface area contributed by atoms with Crippen molar-refractivity contribution < 1.29 is 0 Å². The lowest BCUT2D eigenvalue weighted by Crippen LogP contribution is -2.10. The fraction of sp³-hybridized carbons (Fsp3) is 0.227. The molecule has 2 aromatic carbocycles. The zero-order chi connectivity index (χ0) is 16.4. The minimum Gasteiger partial charge on any atom is -0.256 e. The highest BCUT2D eigenvalue weighted by Gasteiger charge is 2.13. The van der Waals surface area contributed by atoms with Crippen molar-refractivity contribution in [2.24, 2.45) is 0 Å². The average Bonchev–Trinajstić information content (AvgIpc) is 2.55. The molecule has 1 heteroatoms. The van der Waals surface area contributed by atoms with Gasteiger partial charge in [0.05, 0.1) is 5.69 Å². The zero-order valence-corrected chi connectivity index (χ0v) is 14.3. The number of hydrogen-bond acceptors (Lipinski definition) is 1. The number of aryl methyl sites for hydroxylation is 1. The van der Waals surface area contributed by atoms with E-state index in [9.17, 15) is 0 Å². The molecule has 1 aromatic heterocycles. The Balaban J connectivity index is 1.95. The summed E-state index contributed by atoms with van der Waals surface area (Å²) in [6.07, 6.45) is 1.92. The smallest absolute Gasteiger partial charge is 0.0702 e. The topological polar surface area (TPSA) is 12.9 Å². The lowest BCUT2D eigenvalue weighted by Gasteiger charge is -2.19. The fourth-order valence-corrected chi connectivity index (χ4v) is 2.66. The molecule has 3 aromatic rings. The van der Waals surface area contributed by atoms with E-state index in [0.29, 0.717) is 0 Å². The van der Waals surface area contributed by atoms with E-state index in [-0.39, 0.29) is 5.41 Å². The Hall–Kier alpha value is -2.41. The van der Waals surface area contributed by atoms with E-state index in [2.05, 4.69) is 93.3 Å². The SMILES string of the molecule is Cc1ccc(-c2cccc(-c3ccc(C(C)(C)C)cc3)c2)nc1. The van der Waals surface area contributed by atoms with E-state index in [1.54, 1.807) is 0 Å². The largest absolute Gasteiger partial charge is 0.256 e. The third kappa shape index (κ3) is 3.50. The first-order chi connectivity index (χ1) is 10.9. The Morgan fingerprint density at radius 2 is 1.43 bits per heavy atom. The number of rotatable bonds is 2. The second kappa shape index (κ2) is 6.00. The first-order valence-corrected chi connectivity index (χ1v) is 8.07. The maximum atomic E-state index is 4.53. The van der Waals surface area contributed by atoms with Crippen LogP contribution in [0.25, 0.3) is 22.4 Å². The summed E-state index contributed by atoms with van der Waals surface area (Å²) in [5, 5.41) is 0. The Morgan fingerprint density at radius 3 is 2.04 bits per heavy atom. The van der Waals surface area contributed by atoms with Gasteiger partial charge in [-0.3, -0.25) is 4.98 Å². The van der Waals surface area contributed by atoms with Gasteiger partial charge in [-0.25, -0.2) is 0 Å². The summed E-state index contributed by atoms with van der Waals surface area (Å²) in [7, 11) is 0. The molecular weight excluding hydrogens is 278 g/mol. The number of hydrogen-bond donors (Lipinski definition) is 0. The number of benzene rings is 2. The van der Waals surface area contributed by atoms with Gasteiger partial charge in [-0.2, -0.15) is 0 Å². The zero-order valence-electron chi connectivity index (χ0n) is 14.3. The summed E-state index contributed by atoms with van der Waals surface area (Å²) in [6.45, 7) is 8.78. The van der Waals surface area contributed by atoms with Gasteiger partial charge >= 0.3 is 0 Å². The van der Waals surface area contributed by atoms with Gasteiger partial charge in [-0.1, -0.05) is 69.3 Å². The summed E-state index contributed by atoms with van der Waals surface area (Å²) in [5.74, 6) is 0. The van der Waals surface area contributed by atoms with Gasteiger partial charge < -0.3 is 0 Å². The van der Waals surface area contributed by atoms with Gasteiger partial charge in [0.15, 0.2) is 0 Å². The Bertz CT molecular complexity index is 791. The molecule has 116 valence electrons. The lowest BCUT2D eigenvalue weighted by atomic mass is 9.86. The second-order valence-corrected chi connectivity index (χ2v) is 7.13. The molecule has 0 atom stereocenters. The molecule has 1 heterocycles. The summed E-state index contributed by atoms with van der Waals surface area (Å²) >= 11 is 0. The molecule has 0 saturated heterocycles. The molecule has 0 aliphatic rings. The fourth-order valence-electron chi connectivity index (χ4n) is 2.66. The molecular formula is C22H23N. The Morgan fingerprint density at radius 1 is 0.739 bits per heavy atom. The molecule has 3 rings (SSSR count). The van der Waals surface area contributed by atoms with Crippen LogP contribution in [0.3, 0.4) is 0 Å². The van der Waals surface area contributed by atoms with E-state index < -0.39 is 0 Å². The highest BCUT2D eigenvalue weighted by atomic mass is 14.7. The molecule has 0 bridgehead atoms. The third-order valence-electron chi connectivity index (χ3n) is 4.15. The average molecular weight is 301 g/mol. The molecule has 0 aliphatic heterocycles. The van der Waals surface area contributed by atoms with Crippen LogP contribution in [0.1, 0.15) is 31.9 Å². The Kier molecular flexibility index (Phi) is 4.04. The first-order valence-electron chi connectivity index (χ1n) is 8.07. The van der Waals surface area contributed by atoms with Gasteiger partial charge in [0, 0.05) is 11.8 Å². The van der Waals surface area contributed by atoms with E-state index in [0.717, 1.165) is 11.3 Å². The quantitative estimate of drug-likeness (QED) is 0.564. The lowest BCUT2D eigenvalue weighted by molar-refractivity contribution is 0.590. The maximum Gasteiger partial charge on any atom is 0.0702 e. The third-order valence-corrected chi connectivity index (χ3v) is 4.15. The van der Waals surface area contributed by atoms with Gasteiger partial charge in [-0.15, -0.1) is 0 Å². The second-order valence-electron chi connectivity index (χ2n) is 7.13. The summed E-state index contributed by atoms with van der Waals surface area (Å²) in [4.78, 5) is 4.53. The van der Waals surface area contributed by atoms with Crippen molar-refractivity contribution in [2.75, 3.05) is 0 Å².